The lowest BCUT2D eigenvalue weighted by atomic mass is 10.1. The van der Waals surface area contributed by atoms with Crippen LogP contribution in [0.25, 0.3) is 0 Å². The second-order valence-electron chi connectivity index (χ2n) is 4.51. The summed E-state index contributed by atoms with van der Waals surface area (Å²) in [7, 11) is 0. The molecule has 18 heavy (non-hydrogen) atoms. The van der Waals surface area contributed by atoms with Gasteiger partial charge in [-0.2, -0.15) is 0 Å². The molecule has 0 amide bonds. The highest BCUT2D eigenvalue weighted by Gasteiger charge is 2.16. The van der Waals surface area contributed by atoms with Gasteiger partial charge in [0.2, 0.25) is 0 Å². The van der Waals surface area contributed by atoms with Gasteiger partial charge < -0.3 is 14.5 Å². The Bertz CT molecular complexity index is 523. The van der Waals surface area contributed by atoms with Gasteiger partial charge in [0.1, 0.15) is 0 Å². The molecule has 1 unspecified atom stereocenters. The van der Waals surface area contributed by atoms with Crippen molar-refractivity contribution in [1.29, 1.82) is 0 Å². The van der Waals surface area contributed by atoms with Gasteiger partial charge in [-0.25, -0.2) is 0 Å². The van der Waals surface area contributed by atoms with Crippen molar-refractivity contribution in [3.63, 3.8) is 0 Å². The Balaban J connectivity index is 2.33. The SMILES string of the molecule is Cc1ccc(C)n1C(Cc1ccccc1)C(=O)[O-]. The van der Waals surface area contributed by atoms with Crippen LogP contribution in [0.4, 0.5) is 0 Å². The maximum Gasteiger partial charge on any atom is 0.0769 e. The number of hydrogen-bond acceptors (Lipinski definition) is 2. The van der Waals surface area contributed by atoms with Crippen LogP contribution >= 0.6 is 0 Å². The number of carbonyl (C=O) groups excluding carboxylic acids is 1. The lowest BCUT2D eigenvalue weighted by Crippen LogP contribution is -2.35. The van der Waals surface area contributed by atoms with Gasteiger partial charge >= 0.3 is 0 Å². The van der Waals surface area contributed by atoms with E-state index in [1.165, 1.54) is 0 Å². The molecular weight excluding hydrogens is 226 g/mol. The van der Waals surface area contributed by atoms with Crippen LogP contribution < -0.4 is 5.11 Å². The fourth-order valence-electron chi connectivity index (χ4n) is 2.29. The Labute approximate surface area is 107 Å². The van der Waals surface area contributed by atoms with Crippen molar-refractivity contribution in [2.45, 2.75) is 26.3 Å². The summed E-state index contributed by atoms with van der Waals surface area (Å²) in [5.74, 6) is -1.04. The van der Waals surface area contributed by atoms with E-state index in [0.29, 0.717) is 6.42 Å². The Kier molecular flexibility index (Phi) is 3.51. The van der Waals surface area contributed by atoms with E-state index in [1.807, 2.05) is 60.9 Å². The molecule has 1 aromatic heterocycles. The number of aliphatic carboxylic acids is 1. The fourth-order valence-corrected chi connectivity index (χ4v) is 2.29. The van der Waals surface area contributed by atoms with Gasteiger partial charge in [-0.3, -0.25) is 0 Å². The molecule has 0 saturated carbocycles. The van der Waals surface area contributed by atoms with Gasteiger partial charge in [0.15, 0.2) is 0 Å². The average molecular weight is 242 g/mol. The lowest BCUT2D eigenvalue weighted by molar-refractivity contribution is -0.310. The van der Waals surface area contributed by atoms with Crippen molar-refractivity contribution in [3.05, 3.63) is 59.4 Å². The van der Waals surface area contributed by atoms with E-state index in [4.69, 9.17) is 0 Å². The van der Waals surface area contributed by atoms with Crippen LogP contribution in [0.15, 0.2) is 42.5 Å². The van der Waals surface area contributed by atoms with Crippen LogP contribution in [-0.4, -0.2) is 10.5 Å². The molecule has 2 aromatic rings. The van der Waals surface area contributed by atoms with Crippen molar-refractivity contribution in [3.8, 4) is 0 Å². The third-order valence-corrected chi connectivity index (χ3v) is 3.18. The lowest BCUT2D eigenvalue weighted by Gasteiger charge is -2.23. The predicted molar refractivity (Wildman–Crippen MR) is 68.1 cm³/mol. The summed E-state index contributed by atoms with van der Waals surface area (Å²) in [4.78, 5) is 11.4. The molecule has 0 aliphatic heterocycles. The van der Waals surface area contributed by atoms with Crippen molar-refractivity contribution >= 4 is 5.97 Å². The first-order valence-corrected chi connectivity index (χ1v) is 5.99. The van der Waals surface area contributed by atoms with Gasteiger partial charge in [0.25, 0.3) is 0 Å². The molecular formula is C15H16NO2-. The van der Waals surface area contributed by atoms with E-state index >= 15 is 0 Å². The summed E-state index contributed by atoms with van der Waals surface area (Å²) in [5.41, 5.74) is 2.88. The monoisotopic (exact) mass is 242 g/mol. The number of hydrogen-bond donors (Lipinski definition) is 0. The van der Waals surface area contributed by atoms with E-state index in [-0.39, 0.29) is 0 Å². The maximum atomic E-state index is 11.4. The van der Waals surface area contributed by atoms with Crippen LogP contribution in [0.2, 0.25) is 0 Å². The highest BCUT2D eigenvalue weighted by Crippen LogP contribution is 2.19. The third-order valence-electron chi connectivity index (χ3n) is 3.18. The van der Waals surface area contributed by atoms with E-state index in [0.717, 1.165) is 17.0 Å². The quantitative estimate of drug-likeness (QED) is 0.818. The predicted octanol–water partition coefficient (Wildman–Crippen LogP) is 1.64. The molecule has 0 aliphatic rings. The summed E-state index contributed by atoms with van der Waals surface area (Å²) < 4.78 is 1.82. The zero-order valence-corrected chi connectivity index (χ0v) is 10.6. The zero-order chi connectivity index (χ0) is 13.1. The number of aromatic nitrogens is 1. The van der Waals surface area contributed by atoms with Gasteiger partial charge in [-0.05, 0) is 38.0 Å². The first kappa shape index (κ1) is 12.4. The Morgan fingerprint density at radius 3 is 2.17 bits per heavy atom. The third kappa shape index (κ3) is 2.45. The molecule has 1 atom stereocenters. The van der Waals surface area contributed by atoms with Crippen LogP contribution in [0.1, 0.15) is 23.0 Å². The standard InChI is InChI=1S/C15H17NO2/c1-11-8-9-12(2)16(11)14(15(17)18)10-13-6-4-3-5-7-13/h3-9,14H,10H2,1-2H3,(H,17,18)/p-1. The van der Waals surface area contributed by atoms with Crippen LogP contribution in [0.3, 0.4) is 0 Å². The number of nitrogens with zero attached hydrogens (tertiary/aromatic N) is 1. The topological polar surface area (TPSA) is 45.1 Å². The molecule has 0 aliphatic carbocycles. The molecule has 1 aromatic carbocycles. The summed E-state index contributed by atoms with van der Waals surface area (Å²) in [5, 5.41) is 11.4. The number of carboxylic acids is 1. The van der Waals surface area contributed by atoms with Crippen LogP contribution in [0.5, 0.6) is 0 Å². The van der Waals surface area contributed by atoms with E-state index in [1.54, 1.807) is 0 Å². The molecule has 0 saturated heterocycles. The van der Waals surface area contributed by atoms with Gasteiger partial charge in [0, 0.05) is 11.4 Å². The molecule has 3 heteroatoms. The fraction of sp³-hybridized carbons (Fsp3) is 0.267. The molecule has 3 nitrogen and oxygen atoms in total. The number of rotatable bonds is 4. The largest absolute Gasteiger partial charge is 0.548 e. The van der Waals surface area contributed by atoms with Gasteiger partial charge in [-0.1, -0.05) is 30.3 Å². The second kappa shape index (κ2) is 5.08. The molecule has 2 rings (SSSR count). The first-order chi connectivity index (χ1) is 8.59. The molecule has 0 spiro atoms. The summed E-state index contributed by atoms with van der Waals surface area (Å²) in [6.45, 7) is 3.82. The minimum Gasteiger partial charge on any atom is -0.548 e. The molecule has 94 valence electrons. The Hall–Kier alpha value is -2.03. The second-order valence-corrected chi connectivity index (χ2v) is 4.51. The normalized spacial score (nSPS) is 12.3. The molecule has 0 N–H and O–H groups in total. The minimum absolute atomic E-state index is 0.444. The zero-order valence-electron chi connectivity index (χ0n) is 10.6. The van der Waals surface area contributed by atoms with Crippen molar-refractivity contribution in [2.75, 3.05) is 0 Å². The number of benzene rings is 1. The van der Waals surface area contributed by atoms with E-state index in [9.17, 15) is 9.90 Å². The van der Waals surface area contributed by atoms with Gasteiger partial charge in [0.05, 0.1) is 12.0 Å². The summed E-state index contributed by atoms with van der Waals surface area (Å²) in [6.07, 6.45) is 0.444. The summed E-state index contributed by atoms with van der Waals surface area (Å²) in [6, 6.07) is 12.8. The van der Waals surface area contributed by atoms with Crippen LogP contribution in [0, 0.1) is 13.8 Å². The number of carboxylic acid groups (broad SMARTS) is 1. The summed E-state index contributed by atoms with van der Waals surface area (Å²) >= 11 is 0. The smallest absolute Gasteiger partial charge is 0.0769 e. The van der Waals surface area contributed by atoms with Crippen molar-refractivity contribution in [2.24, 2.45) is 0 Å². The highest BCUT2D eigenvalue weighted by atomic mass is 16.4. The molecule has 0 radical (unpaired) electrons. The average Bonchev–Trinajstić information content (AvgIpc) is 2.67. The van der Waals surface area contributed by atoms with Crippen molar-refractivity contribution in [1.82, 2.24) is 4.57 Å². The molecule has 0 fully saturated rings. The highest BCUT2D eigenvalue weighted by molar-refractivity contribution is 5.70. The minimum atomic E-state index is -1.04. The number of carbonyl (C=O) groups is 1. The van der Waals surface area contributed by atoms with Gasteiger partial charge in [-0.15, -0.1) is 0 Å². The molecule has 1 heterocycles. The van der Waals surface area contributed by atoms with Crippen LogP contribution in [-0.2, 0) is 11.2 Å². The van der Waals surface area contributed by atoms with E-state index < -0.39 is 12.0 Å². The maximum absolute atomic E-state index is 11.4. The Morgan fingerprint density at radius 2 is 1.67 bits per heavy atom. The van der Waals surface area contributed by atoms with E-state index in [2.05, 4.69) is 0 Å². The van der Waals surface area contributed by atoms with Crippen molar-refractivity contribution < 1.29 is 9.90 Å². The Morgan fingerprint density at radius 1 is 1.11 bits per heavy atom. The number of aryl methyl sites for hydroxylation is 2. The first-order valence-electron chi connectivity index (χ1n) is 5.99. The molecule has 0 bridgehead atoms.